The predicted molar refractivity (Wildman–Crippen MR) is 132 cm³/mol. The first kappa shape index (κ1) is 32.6. The van der Waals surface area contributed by atoms with E-state index in [2.05, 4.69) is 20.9 Å². The molecule has 14 nitrogen and oxygen atoms in total. The number of hydrogen-bond acceptors (Lipinski definition) is 7. The van der Waals surface area contributed by atoms with Gasteiger partial charge in [0.05, 0.1) is 12.5 Å². The van der Waals surface area contributed by atoms with Crippen LogP contribution in [0.25, 0.3) is 0 Å². The third kappa shape index (κ3) is 12.9. The van der Waals surface area contributed by atoms with Crippen molar-refractivity contribution in [3.63, 3.8) is 0 Å². The second-order valence-corrected chi connectivity index (χ2v) is 9.12. The van der Waals surface area contributed by atoms with Gasteiger partial charge < -0.3 is 43.4 Å². The van der Waals surface area contributed by atoms with E-state index in [9.17, 15) is 29.1 Å². The van der Waals surface area contributed by atoms with Crippen molar-refractivity contribution in [2.24, 2.45) is 34.0 Å². The van der Waals surface area contributed by atoms with Gasteiger partial charge in [-0.25, -0.2) is 4.79 Å². The summed E-state index contributed by atoms with van der Waals surface area (Å²) in [7, 11) is 0. The molecule has 0 aliphatic rings. The van der Waals surface area contributed by atoms with Gasteiger partial charge in [0.25, 0.3) is 0 Å². The Hall–Kier alpha value is -3.42. The molecule has 5 unspecified atom stereocenters. The van der Waals surface area contributed by atoms with Crippen LogP contribution in [0, 0.1) is 11.8 Å². The molecule has 0 heterocycles. The van der Waals surface area contributed by atoms with Gasteiger partial charge in [0, 0.05) is 6.54 Å². The molecule has 5 atom stereocenters. The van der Waals surface area contributed by atoms with Gasteiger partial charge in [-0.05, 0) is 31.1 Å². The maximum atomic E-state index is 13.1. The molecule has 0 rings (SSSR count). The molecule has 36 heavy (non-hydrogen) atoms. The molecule has 0 aromatic heterocycles. The van der Waals surface area contributed by atoms with E-state index in [1.807, 2.05) is 13.8 Å². The Bertz CT molecular complexity index is 800. The fraction of sp³-hybridized carbons (Fsp3) is 0.727. The fourth-order valence-electron chi connectivity index (χ4n) is 3.24. The van der Waals surface area contributed by atoms with E-state index in [4.69, 9.17) is 22.3 Å². The summed E-state index contributed by atoms with van der Waals surface area (Å²) in [6.07, 6.45) is 0.421. The number of aliphatic carboxylic acids is 2. The standard InChI is InChI=1S/C22H41N7O7/c1-5-12(4)17(21(35)36)29-20(34)15(9-11(2)3)28-19(33)14(7-6-8-26-22(24)25)27-18(32)13(23)10-16(30)31/h11-15,17H,5-10,23H2,1-4H3,(H,27,32)(H,28,33)(H,29,34)(H,30,31)(H,35,36)(H4,24,25,26). The van der Waals surface area contributed by atoms with Gasteiger partial charge in [0.15, 0.2) is 5.96 Å². The van der Waals surface area contributed by atoms with Crippen LogP contribution < -0.4 is 33.2 Å². The van der Waals surface area contributed by atoms with Gasteiger partial charge in [0.1, 0.15) is 18.1 Å². The number of hydrogen-bond donors (Lipinski definition) is 8. The smallest absolute Gasteiger partial charge is 0.326 e. The Labute approximate surface area is 210 Å². The Morgan fingerprint density at radius 1 is 0.889 bits per heavy atom. The summed E-state index contributed by atoms with van der Waals surface area (Å²) in [5, 5.41) is 25.9. The van der Waals surface area contributed by atoms with E-state index in [-0.39, 0.29) is 43.6 Å². The topological polar surface area (TPSA) is 252 Å². The lowest BCUT2D eigenvalue weighted by Gasteiger charge is -2.27. The number of nitrogens with one attached hydrogen (secondary N) is 3. The van der Waals surface area contributed by atoms with Crippen LogP contribution in [0.3, 0.4) is 0 Å². The van der Waals surface area contributed by atoms with Crippen LogP contribution in [0.2, 0.25) is 0 Å². The van der Waals surface area contributed by atoms with E-state index in [1.54, 1.807) is 13.8 Å². The largest absolute Gasteiger partial charge is 0.481 e. The molecule has 206 valence electrons. The maximum absolute atomic E-state index is 13.1. The number of carbonyl (C=O) groups excluding carboxylic acids is 3. The first-order valence-electron chi connectivity index (χ1n) is 11.9. The van der Waals surface area contributed by atoms with E-state index >= 15 is 0 Å². The second-order valence-electron chi connectivity index (χ2n) is 9.12. The van der Waals surface area contributed by atoms with Crippen molar-refractivity contribution in [3.05, 3.63) is 0 Å². The van der Waals surface area contributed by atoms with E-state index in [0.717, 1.165) is 0 Å². The number of rotatable bonds is 17. The summed E-state index contributed by atoms with van der Waals surface area (Å²) in [4.78, 5) is 64.7. The lowest BCUT2D eigenvalue weighted by Crippen LogP contribution is -2.58. The lowest BCUT2D eigenvalue weighted by molar-refractivity contribution is -0.144. The highest BCUT2D eigenvalue weighted by molar-refractivity contribution is 5.94. The molecular weight excluding hydrogens is 474 g/mol. The van der Waals surface area contributed by atoms with Gasteiger partial charge in [0.2, 0.25) is 17.7 Å². The maximum Gasteiger partial charge on any atom is 0.326 e. The highest BCUT2D eigenvalue weighted by atomic mass is 16.4. The molecule has 0 saturated carbocycles. The molecule has 0 aromatic carbocycles. The predicted octanol–water partition coefficient (Wildman–Crippen LogP) is -1.53. The van der Waals surface area contributed by atoms with Gasteiger partial charge in [-0.1, -0.05) is 34.1 Å². The Balaban J connectivity index is 5.67. The monoisotopic (exact) mass is 515 g/mol. The van der Waals surface area contributed by atoms with Crippen LogP contribution in [-0.2, 0) is 24.0 Å². The van der Waals surface area contributed by atoms with Crippen LogP contribution in [0.15, 0.2) is 4.99 Å². The van der Waals surface area contributed by atoms with Crippen LogP contribution in [0.1, 0.15) is 59.8 Å². The molecule has 0 spiro atoms. The van der Waals surface area contributed by atoms with Crippen LogP contribution >= 0.6 is 0 Å². The summed E-state index contributed by atoms with van der Waals surface area (Å²) >= 11 is 0. The van der Waals surface area contributed by atoms with E-state index in [1.165, 1.54) is 0 Å². The highest BCUT2D eigenvalue weighted by Gasteiger charge is 2.32. The normalized spacial score (nSPS) is 15.1. The van der Waals surface area contributed by atoms with Crippen molar-refractivity contribution in [3.8, 4) is 0 Å². The number of nitrogens with two attached hydrogens (primary N) is 3. The average molecular weight is 516 g/mol. The van der Waals surface area contributed by atoms with Crippen LogP contribution in [0.4, 0.5) is 0 Å². The molecule has 0 aliphatic heterocycles. The summed E-state index contributed by atoms with van der Waals surface area (Å²) in [6.45, 7) is 7.31. The van der Waals surface area contributed by atoms with Crippen molar-refractivity contribution in [1.29, 1.82) is 0 Å². The van der Waals surface area contributed by atoms with Crippen molar-refractivity contribution < 1.29 is 34.2 Å². The molecule has 0 fully saturated rings. The molecule has 3 amide bonds. The minimum absolute atomic E-state index is 0.0353. The average Bonchev–Trinajstić information content (AvgIpc) is 2.76. The molecule has 14 heteroatoms. The Morgan fingerprint density at radius 2 is 1.44 bits per heavy atom. The molecule has 0 aliphatic carbocycles. The van der Waals surface area contributed by atoms with Gasteiger partial charge in [-0.2, -0.15) is 0 Å². The minimum Gasteiger partial charge on any atom is -0.481 e. The minimum atomic E-state index is -1.39. The number of carbonyl (C=O) groups is 5. The first-order chi connectivity index (χ1) is 16.7. The van der Waals surface area contributed by atoms with E-state index in [0.29, 0.717) is 6.42 Å². The molecule has 0 radical (unpaired) electrons. The summed E-state index contributed by atoms with van der Waals surface area (Å²) in [5.41, 5.74) is 16.2. The van der Waals surface area contributed by atoms with Crippen molar-refractivity contribution >= 4 is 35.6 Å². The first-order valence-corrected chi connectivity index (χ1v) is 11.9. The van der Waals surface area contributed by atoms with E-state index < -0.39 is 60.2 Å². The summed E-state index contributed by atoms with van der Waals surface area (Å²) in [6, 6.07) is -4.78. The van der Waals surface area contributed by atoms with Crippen LogP contribution in [-0.4, -0.2) is 76.5 Å². The molecular formula is C22H41N7O7. The van der Waals surface area contributed by atoms with Gasteiger partial charge in [-0.15, -0.1) is 0 Å². The molecule has 11 N–H and O–H groups in total. The number of amides is 3. The quantitative estimate of drug-likeness (QED) is 0.0630. The zero-order valence-corrected chi connectivity index (χ0v) is 21.3. The number of carboxylic acid groups (broad SMARTS) is 2. The van der Waals surface area contributed by atoms with Crippen molar-refractivity contribution in [1.82, 2.24) is 16.0 Å². The van der Waals surface area contributed by atoms with Crippen molar-refractivity contribution in [2.45, 2.75) is 84.0 Å². The zero-order chi connectivity index (χ0) is 28.0. The Morgan fingerprint density at radius 3 is 1.92 bits per heavy atom. The zero-order valence-electron chi connectivity index (χ0n) is 21.3. The van der Waals surface area contributed by atoms with Crippen LogP contribution in [0.5, 0.6) is 0 Å². The second kappa shape index (κ2) is 16.3. The highest BCUT2D eigenvalue weighted by Crippen LogP contribution is 2.11. The molecule has 0 saturated heterocycles. The number of aliphatic imine (C=N–C) groups is 1. The number of nitrogens with zero attached hydrogens (tertiary/aromatic N) is 1. The third-order valence-corrected chi connectivity index (χ3v) is 5.43. The third-order valence-electron chi connectivity index (χ3n) is 5.43. The summed E-state index contributed by atoms with van der Waals surface area (Å²) in [5.74, 6) is -5.24. The van der Waals surface area contributed by atoms with Gasteiger partial charge in [-0.3, -0.25) is 24.2 Å². The number of carboxylic acids is 2. The fourth-order valence-corrected chi connectivity index (χ4v) is 3.24. The Kier molecular flexibility index (Phi) is 14.7. The lowest BCUT2D eigenvalue weighted by atomic mass is 9.97. The molecule has 0 bridgehead atoms. The molecule has 0 aromatic rings. The van der Waals surface area contributed by atoms with Crippen molar-refractivity contribution in [2.75, 3.05) is 6.54 Å². The number of guanidine groups is 1. The summed E-state index contributed by atoms with van der Waals surface area (Å²) < 4.78 is 0. The van der Waals surface area contributed by atoms with Gasteiger partial charge >= 0.3 is 11.9 Å². The SMILES string of the molecule is CCC(C)C(NC(=O)C(CC(C)C)NC(=O)C(CCCN=C(N)N)NC(=O)C(N)CC(=O)O)C(=O)O.